The molecule has 1 atom stereocenters. The summed E-state index contributed by atoms with van der Waals surface area (Å²) in [5.41, 5.74) is 0.542. The highest BCUT2D eigenvalue weighted by Crippen LogP contribution is 2.35. The van der Waals surface area contributed by atoms with E-state index in [1.807, 2.05) is 0 Å². The predicted molar refractivity (Wildman–Crippen MR) is 122 cm³/mol. The van der Waals surface area contributed by atoms with Gasteiger partial charge in [0, 0.05) is 31.0 Å². The number of carbonyl (C=O) groups is 2. The molecule has 0 spiro atoms. The van der Waals surface area contributed by atoms with Crippen LogP contribution >= 0.6 is 0 Å². The van der Waals surface area contributed by atoms with Gasteiger partial charge in [-0.3, -0.25) is 9.59 Å². The number of ether oxygens (including phenoxy) is 4. The third-order valence-electron chi connectivity index (χ3n) is 5.09. The molecule has 0 saturated carbocycles. The predicted octanol–water partition coefficient (Wildman–Crippen LogP) is 3.50. The lowest BCUT2D eigenvalue weighted by atomic mass is 10.1. The van der Waals surface area contributed by atoms with Crippen molar-refractivity contribution in [2.75, 3.05) is 26.6 Å². The lowest BCUT2D eigenvalue weighted by Gasteiger charge is -2.13. The normalized spacial score (nSPS) is 12.8. The number of unbranched alkanes of at least 4 members (excludes halogenated alkanes) is 2. The number of hydrogen-bond acceptors (Lipinski definition) is 7. The number of benzene rings is 2. The molecule has 1 amide bonds. The van der Waals surface area contributed by atoms with Gasteiger partial charge >= 0.3 is 0 Å². The molecule has 1 aliphatic rings. The number of carbonyl (C=O) groups excluding carboxylic acids is 2. The van der Waals surface area contributed by atoms with E-state index in [0.29, 0.717) is 29.4 Å². The standard InChI is InChI=1S/C25H31NO7/c1-2-3-4-13-30-20-7-5-18(6-8-20)22(28)10-12-25(29)26-15-19(27)16-31-21-9-11-23-24(14-21)33-17-32-23/h5-9,11,14,19,27H,2-4,10,12-13,15-17H2,1H3,(H,26,29). The number of nitrogens with one attached hydrogen (secondary N) is 1. The maximum atomic E-state index is 12.3. The molecule has 0 bridgehead atoms. The van der Waals surface area contributed by atoms with Crippen molar-refractivity contribution in [1.82, 2.24) is 5.32 Å². The molecule has 1 aliphatic heterocycles. The Hall–Kier alpha value is -3.26. The van der Waals surface area contributed by atoms with E-state index in [-0.39, 0.29) is 44.5 Å². The molecule has 8 heteroatoms. The van der Waals surface area contributed by atoms with Crippen LogP contribution in [0.1, 0.15) is 49.4 Å². The topological polar surface area (TPSA) is 103 Å². The maximum Gasteiger partial charge on any atom is 0.231 e. The molecule has 1 unspecified atom stereocenters. The molecule has 2 aromatic carbocycles. The van der Waals surface area contributed by atoms with Crippen LogP contribution in [-0.4, -0.2) is 49.5 Å². The number of amides is 1. The van der Waals surface area contributed by atoms with Crippen molar-refractivity contribution in [3.8, 4) is 23.0 Å². The Morgan fingerprint density at radius 1 is 1.00 bits per heavy atom. The average molecular weight is 458 g/mol. The third-order valence-corrected chi connectivity index (χ3v) is 5.09. The van der Waals surface area contributed by atoms with Crippen LogP contribution < -0.4 is 24.3 Å². The summed E-state index contributed by atoms with van der Waals surface area (Å²) < 4.78 is 21.7. The molecule has 0 aliphatic carbocycles. The molecule has 178 valence electrons. The molecule has 3 rings (SSSR count). The third kappa shape index (κ3) is 7.98. The van der Waals surface area contributed by atoms with E-state index < -0.39 is 6.10 Å². The maximum absolute atomic E-state index is 12.3. The molecule has 2 N–H and O–H groups in total. The van der Waals surface area contributed by atoms with Gasteiger partial charge in [-0.25, -0.2) is 0 Å². The molecule has 0 radical (unpaired) electrons. The fourth-order valence-electron chi connectivity index (χ4n) is 3.19. The van der Waals surface area contributed by atoms with Gasteiger partial charge in [0.2, 0.25) is 12.7 Å². The summed E-state index contributed by atoms with van der Waals surface area (Å²) in [4.78, 5) is 24.4. The highest BCUT2D eigenvalue weighted by molar-refractivity contribution is 5.98. The second kappa shape index (κ2) is 12.7. The van der Waals surface area contributed by atoms with Gasteiger partial charge in [0.15, 0.2) is 17.3 Å². The Labute approximate surface area is 193 Å². The van der Waals surface area contributed by atoms with E-state index in [2.05, 4.69) is 12.2 Å². The van der Waals surface area contributed by atoms with Crippen LogP contribution in [0.5, 0.6) is 23.0 Å². The van der Waals surface area contributed by atoms with Gasteiger partial charge in [0.05, 0.1) is 6.61 Å². The SMILES string of the molecule is CCCCCOc1ccc(C(=O)CCC(=O)NCC(O)COc2ccc3c(c2)OCO3)cc1. The highest BCUT2D eigenvalue weighted by Gasteiger charge is 2.15. The van der Waals surface area contributed by atoms with Crippen LogP contribution in [0.15, 0.2) is 42.5 Å². The van der Waals surface area contributed by atoms with E-state index >= 15 is 0 Å². The lowest BCUT2D eigenvalue weighted by molar-refractivity contribution is -0.121. The van der Waals surface area contributed by atoms with Gasteiger partial charge in [-0.05, 0) is 42.8 Å². The van der Waals surface area contributed by atoms with Gasteiger partial charge in [-0.15, -0.1) is 0 Å². The summed E-state index contributed by atoms with van der Waals surface area (Å²) in [6.45, 7) is 3.01. The zero-order chi connectivity index (χ0) is 23.5. The first-order valence-electron chi connectivity index (χ1n) is 11.3. The quantitative estimate of drug-likeness (QED) is 0.331. The summed E-state index contributed by atoms with van der Waals surface area (Å²) in [6, 6.07) is 12.1. The number of aliphatic hydroxyl groups is 1. The van der Waals surface area contributed by atoms with Crippen LogP contribution in [0, 0.1) is 0 Å². The molecule has 0 aromatic heterocycles. The van der Waals surface area contributed by atoms with E-state index in [1.54, 1.807) is 42.5 Å². The lowest BCUT2D eigenvalue weighted by Crippen LogP contribution is -2.35. The van der Waals surface area contributed by atoms with Gasteiger partial charge < -0.3 is 29.4 Å². The number of Topliss-reactive ketones (excluding diaryl/α,β-unsaturated/α-hetero) is 1. The van der Waals surface area contributed by atoms with Gasteiger partial charge in [-0.2, -0.15) is 0 Å². The fraction of sp³-hybridized carbons (Fsp3) is 0.440. The first-order valence-corrected chi connectivity index (χ1v) is 11.3. The van der Waals surface area contributed by atoms with E-state index in [9.17, 15) is 14.7 Å². The second-order valence-corrected chi connectivity index (χ2v) is 7.79. The zero-order valence-electron chi connectivity index (χ0n) is 18.9. The van der Waals surface area contributed by atoms with Crippen LogP contribution in [0.4, 0.5) is 0 Å². The highest BCUT2D eigenvalue weighted by atomic mass is 16.7. The second-order valence-electron chi connectivity index (χ2n) is 7.79. The van der Waals surface area contributed by atoms with Gasteiger partial charge in [0.1, 0.15) is 24.2 Å². The first kappa shape index (κ1) is 24.4. The van der Waals surface area contributed by atoms with Crippen LogP contribution in [-0.2, 0) is 4.79 Å². The van der Waals surface area contributed by atoms with E-state index in [1.165, 1.54) is 0 Å². The van der Waals surface area contributed by atoms with Crippen LogP contribution in [0.2, 0.25) is 0 Å². The summed E-state index contributed by atoms with van der Waals surface area (Å²) in [6.07, 6.45) is 2.52. The smallest absolute Gasteiger partial charge is 0.231 e. The van der Waals surface area contributed by atoms with Gasteiger partial charge in [-0.1, -0.05) is 19.8 Å². The summed E-state index contributed by atoms with van der Waals surface area (Å²) >= 11 is 0. The minimum absolute atomic E-state index is 0.00567. The van der Waals surface area contributed by atoms with Crippen molar-refractivity contribution >= 4 is 11.7 Å². The van der Waals surface area contributed by atoms with Crippen molar-refractivity contribution in [2.45, 2.75) is 45.1 Å². The number of rotatable bonds is 14. The number of ketones is 1. The molecule has 33 heavy (non-hydrogen) atoms. The molecule has 2 aromatic rings. The van der Waals surface area contributed by atoms with Crippen molar-refractivity contribution in [2.24, 2.45) is 0 Å². The van der Waals surface area contributed by atoms with Crippen molar-refractivity contribution in [3.63, 3.8) is 0 Å². The Morgan fingerprint density at radius 3 is 2.55 bits per heavy atom. The zero-order valence-corrected chi connectivity index (χ0v) is 18.9. The Morgan fingerprint density at radius 2 is 1.76 bits per heavy atom. The van der Waals surface area contributed by atoms with Crippen molar-refractivity contribution in [3.05, 3.63) is 48.0 Å². The van der Waals surface area contributed by atoms with Crippen LogP contribution in [0.3, 0.4) is 0 Å². The number of hydrogen-bond donors (Lipinski definition) is 2. The van der Waals surface area contributed by atoms with Crippen molar-refractivity contribution < 1.29 is 33.6 Å². The monoisotopic (exact) mass is 457 g/mol. The molecule has 0 saturated heterocycles. The van der Waals surface area contributed by atoms with Gasteiger partial charge in [0.25, 0.3) is 0 Å². The molecular weight excluding hydrogens is 426 g/mol. The Balaban J connectivity index is 1.31. The Kier molecular flexibility index (Phi) is 9.38. The summed E-state index contributed by atoms with van der Waals surface area (Å²) in [5.74, 6) is 2.09. The average Bonchev–Trinajstić information content (AvgIpc) is 3.31. The number of fused-ring (bicyclic) bond motifs is 1. The van der Waals surface area contributed by atoms with Crippen LogP contribution in [0.25, 0.3) is 0 Å². The van der Waals surface area contributed by atoms with Crippen molar-refractivity contribution in [1.29, 1.82) is 0 Å². The Bertz CT molecular complexity index is 913. The summed E-state index contributed by atoms with van der Waals surface area (Å²) in [7, 11) is 0. The molecule has 1 heterocycles. The first-order chi connectivity index (χ1) is 16.0. The molecular formula is C25H31NO7. The van der Waals surface area contributed by atoms with E-state index in [4.69, 9.17) is 18.9 Å². The minimum atomic E-state index is -0.889. The van der Waals surface area contributed by atoms with E-state index in [0.717, 1.165) is 25.0 Å². The largest absolute Gasteiger partial charge is 0.494 e. The molecule has 8 nitrogen and oxygen atoms in total. The molecule has 0 fully saturated rings. The fourth-order valence-corrected chi connectivity index (χ4v) is 3.19. The number of aliphatic hydroxyl groups excluding tert-OH is 1. The minimum Gasteiger partial charge on any atom is -0.494 e. The summed E-state index contributed by atoms with van der Waals surface area (Å²) in [5, 5.41) is 12.7.